The highest BCUT2D eigenvalue weighted by Gasteiger charge is 2.28. The van der Waals surface area contributed by atoms with Gasteiger partial charge >= 0.3 is 0 Å². The second kappa shape index (κ2) is 6.86. The molecule has 0 aromatic rings. The van der Waals surface area contributed by atoms with Gasteiger partial charge in [-0.3, -0.25) is 4.79 Å². The van der Waals surface area contributed by atoms with Crippen LogP contribution in [0.25, 0.3) is 0 Å². The molecule has 1 rings (SSSR count). The quantitative estimate of drug-likeness (QED) is 0.729. The Kier molecular flexibility index (Phi) is 5.77. The summed E-state index contributed by atoms with van der Waals surface area (Å²) >= 11 is 0. The summed E-state index contributed by atoms with van der Waals surface area (Å²) in [6.45, 7) is 3.49. The predicted octanol–water partition coefficient (Wildman–Crippen LogP) is 0.735. The van der Waals surface area contributed by atoms with Crippen LogP contribution in [0, 0.1) is 5.92 Å². The molecule has 3 N–H and O–H groups in total. The molecule has 2 atom stereocenters. The maximum atomic E-state index is 12.1. The Morgan fingerprint density at radius 1 is 1.56 bits per heavy atom. The molecule has 1 heterocycles. The zero-order chi connectivity index (χ0) is 12.0. The van der Waals surface area contributed by atoms with Crippen molar-refractivity contribution in [1.82, 2.24) is 4.90 Å². The van der Waals surface area contributed by atoms with Gasteiger partial charge in [-0.25, -0.2) is 0 Å². The van der Waals surface area contributed by atoms with Crippen LogP contribution in [0.15, 0.2) is 0 Å². The van der Waals surface area contributed by atoms with E-state index >= 15 is 0 Å². The molecule has 0 aliphatic carbocycles. The Morgan fingerprint density at radius 3 is 2.94 bits per heavy atom. The molecule has 94 valence electrons. The molecular formula is C12H24N2O2. The van der Waals surface area contributed by atoms with Crippen LogP contribution in [0.3, 0.4) is 0 Å². The van der Waals surface area contributed by atoms with Crippen molar-refractivity contribution >= 4 is 5.91 Å². The number of likely N-dealkylation sites (tertiary alicyclic amines) is 1. The molecular weight excluding hydrogens is 204 g/mol. The second-order valence-corrected chi connectivity index (χ2v) is 4.70. The van der Waals surface area contributed by atoms with Gasteiger partial charge in [0.1, 0.15) is 0 Å². The fourth-order valence-electron chi connectivity index (χ4n) is 2.31. The molecule has 2 unspecified atom stereocenters. The molecule has 0 aromatic carbocycles. The van der Waals surface area contributed by atoms with Crippen LogP contribution >= 0.6 is 0 Å². The molecule has 0 saturated carbocycles. The van der Waals surface area contributed by atoms with Crippen molar-refractivity contribution in [3.8, 4) is 0 Å². The molecule has 1 aliphatic heterocycles. The Bertz CT molecular complexity index is 221. The predicted molar refractivity (Wildman–Crippen MR) is 63.9 cm³/mol. The lowest BCUT2D eigenvalue weighted by Crippen LogP contribution is -2.47. The number of aliphatic hydroxyl groups excluding tert-OH is 1. The second-order valence-electron chi connectivity index (χ2n) is 4.70. The third kappa shape index (κ3) is 3.46. The maximum Gasteiger partial charge on any atom is 0.225 e. The van der Waals surface area contributed by atoms with Crippen molar-refractivity contribution in [2.75, 3.05) is 19.7 Å². The molecule has 4 heteroatoms. The number of hydrogen-bond acceptors (Lipinski definition) is 3. The highest BCUT2D eigenvalue weighted by molar-refractivity contribution is 5.78. The van der Waals surface area contributed by atoms with Gasteiger partial charge in [-0.15, -0.1) is 0 Å². The van der Waals surface area contributed by atoms with Crippen LogP contribution < -0.4 is 5.73 Å². The molecule has 0 aromatic heterocycles. The van der Waals surface area contributed by atoms with Crippen LogP contribution in [-0.2, 0) is 4.79 Å². The molecule has 16 heavy (non-hydrogen) atoms. The Labute approximate surface area is 97.8 Å². The van der Waals surface area contributed by atoms with Gasteiger partial charge in [-0.2, -0.15) is 0 Å². The van der Waals surface area contributed by atoms with E-state index in [9.17, 15) is 9.90 Å². The van der Waals surface area contributed by atoms with Gasteiger partial charge < -0.3 is 15.7 Å². The minimum absolute atomic E-state index is 0.0377. The fourth-order valence-corrected chi connectivity index (χ4v) is 2.31. The van der Waals surface area contributed by atoms with E-state index in [0.29, 0.717) is 6.54 Å². The first-order valence-corrected chi connectivity index (χ1v) is 6.32. The number of amides is 1. The number of hydrogen-bond donors (Lipinski definition) is 2. The SMILES string of the molecule is CC(CCCN)C(=O)N1CCCCC1CO. The van der Waals surface area contributed by atoms with E-state index < -0.39 is 0 Å². The van der Waals surface area contributed by atoms with Crippen LogP contribution in [0.5, 0.6) is 0 Å². The van der Waals surface area contributed by atoms with Gasteiger partial charge in [0, 0.05) is 12.5 Å². The summed E-state index contributed by atoms with van der Waals surface area (Å²) < 4.78 is 0. The van der Waals surface area contributed by atoms with Gasteiger partial charge in [0.05, 0.1) is 12.6 Å². The van der Waals surface area contributed by atoms with Crippen molar-refractivity contribution in [3.05, 3.63) is 0 Å². The van der Waals surface area contributed by atoms with Crippen LogP contribution in [0.2, 0.25) is 0 Å². The van der Waals surface area contributed by atoms with E-state index in [-0.39, 0.29) is 24.5 Å². The van der Waals surface area contributed by atoms with E-state index in [1.165, 1.54) is 0 Å². The lowest BCUT2D eigenvalue weighted by molar-refractivity contribution is -0.140. The average Bonchev–Trinajstić information content (AvgIpc) is 2.34. The average molecular weight is 228 g/mol. The zero-order valence-corrected chi connectivity index (χ0v) is 10.2. The number of nitrogens with zero attached hydrogens (tertiary/aromatic N) is 1. The van der Waals surface area contributed by atoms with Crippen molar-refractivity contribution in [2.45, 2.75) is 45.1 Å². The highest BCUT2D eigenvalue weighted by Crippen LogP contribution is 2.20. The lowest BCUT2D eigenvalue weighted by atomic mass is 9.98. The Balaban J connectivity index is 2.49. The van der Waals surface area contributed by atoms with Crippen molar-refractivity contribution in [1.29, 1.82) is 0 Å². The summed E-state index contributed by atoms with van der Waals surface area (Å²) in [5, 5.41) is 9.25. The first-order valence-electron chi connectivity index (χ1n) is 6.32. The van der Waals surface area contributed by atoms with E-state index in [2.05, 4.69) is 0 Å². The Hall–Kier alpha value is -0.610. The maximum absolute atomic E-state index is 12.1. The summed E-state index contributed by atoms with van der Waals surface area (Å²) in [6, 6.07) is 0.0431. The van der Waals surface area contributed by atoms with Crippen molar-refractivity contribution in [3.63, 3.8) is 0 Å². The van der Waals surface area contributed by atoms with Crippen LogP contribution in [0.1, 0.15) is 39.0 Å². The number of carbonyl (C=O) groups is 1. The van der Waals surface area contributed by atoms with Gasteiger partial charge in [0.2, 0.25) is 5.91 Å². The molecule has 1 fully saturated rings. The number of rotatable bonds is 5. The van der Waals surface area contributed by atoms with Crippen molar-refractivity contribution in [2.24, 2.45) is 11.7 Å². The molecule has 0 radical (unpaired) electrons. The van der Waals surface area contributed by atoms with Crippen LogP contribution in [0.4, 0.5) is 0 Å². The standard InChI is InChI=1S/C12H24N2O2/c1-10(5-4-7-13)12(16)14-8-3-2-6-11(14)9-15/h10-11,15H,2-9,13H2,1H3. The topological polar surface area (TPSA) is 66.6 Å². The summed E-state index contributed by atoms with van der Waals surface area (Å²) in [7, 11) is 0. The highest BCUT2D eigenvalue weighted by atomic mass is 16.3. The van der Waals surface area contributed by atoms with E-state index in [4.69, 9.17) is 5.73 Å². The minimum atomic E-state index is 0.0377. The summed E-state index contributed by atoms with van der Waals surface area (Å²) in [5.41, 5.74) is 5.44. The molecule has 1 saturated heterocycles. The van der Waals surface area contributed by atoms with E-state index in [0.717, 1.165) is 38.6 Å². The van der Waals surface area contributed by atoms with Gasteiger partial charge in [0.15, 0.2) is 0 Å². The monoisotopic (exact) mass is 228 g/mol. The largest absolute Gasteiger partial charge is 0.394 e. The van der Waals surface area contributed by atoms with Gasteiger partial charge in [0.25, 0.3) is 0 Å². The third-order valence-corrected chi connectivity index (χ3v) is 3.38. The Morgan fingerprint density at radius 2 is 2.31 bits per heavy atom. The van der Waals surface area contributed by atoms with E-state index in [1.54, 1.807) is 0 Å². The van der Waals surface area contributed by atoms with Gasteiger partial charge in [-0.1, -0.05) is 6.92 Å². The first-order chi connectivity index (χ1) is 7.70. The number of carbonyl (C=O) groups excluding carboxylic acids is 1. The normalized spacial score (nSPS) is 23.2. The number of piperidine rings is 1. The first kappa shape index (κ1) is 13.5. The molecule has 1 amide bonds. The zero-order valence-electron chi connectivity index (χ0n) is 10.2. The lowest BCUT2D eigenvalue weighted by Gasteiger charge is -2.36. The summed E-state index contributed by atoms with van der Waals surface area (Å²) in [5.74, 6) is 0.225. The third-order valence-electron chi connectivity index (χ3n) is 3.38. The minimum Gasteiger partial charge on any atom is -0.394 e. The van der Waals surface area contributed by atoms with Gasteiger partial charge in [-0.05, 0) is 38.6 Å². The molecule has 0 bridgehead atoms. The molecule has 0 spiro atoms. The number of aliphatic hydroxyl groups is 1. The summed E-state index contributed by atoms with van der Waals surface area (Å²) in [4.78, 5) is 14.0. The van der Waals surface area contributed by atoms with Crippen LogP contribution in [-0.4, -0.2) is 41.7 Å². The molecule has 4 nitrogen and oxygen atoms in total. The molecule has 1 aliphatic rings. The number of nitrogens with two attached hydrogens (primary N) is 1. The smallest absolute Gasteiger partial charge is 0.225 e. The van der Waals surface area contributed by atoms with E-state index in [1.807, 2.05) is 11.8 Å². The fraction of sp³-hybridized carbons (Fsp3) is 0.917. The van der Waals surface area contributed by atoms with Crippen molar-refractivity contribution < 1.29 is 9.90 Å². The summed E-state index contributed by atoms with van der Waals surface area (Å²) in [6.07, 6.45) is 4.86.